The van der Waals surface area contributed by atoms with Crippen molar-refractivity contribution in [1.29, 1.82) is 0 Å². The van der Waals surface area contributed by atoms with E-state index in [0.717, 1.165) is 44.0 Å². The van der Waals surface area contributed by atoms with Gasteiger partial charge >= 0.3 is 0 Å². The van der Waals surface area contributed by atoms with Gasteiger partial charge in [0.25, 0.3) is 0 Å². The molecular weight excluding hydrogens is 315 g/mol. The Bertz CT molecular complexity index is 354. The van der Waals surface area contributed by atoms with E-state index in [9.17, 15) is 4.39 Å². The summed E-state index contributed by atoms with van der Waals surface area (Å²) in [4.78, 5) is 0. The standard InChI is InChI=1S/C21H41FN2O/c1-5-19(6-2)16-21(13-11-14-21)24-18(3)23-15-10-8-7-9-12-20(22)17-25-4/h19-20,23-24H,3,5-17H2,1-2,4H3. The molecule has 148 valence electrons. The Morgan fingerprint density at radius 3 is 2.40 bits per heavy atom. The molecule has 1 aliphatic carbocycles. The van der Waals surface area contributed by atoms with Crippen molar-refractivity contribution in [3.63, 3.8) is 0 Å². The summed E-state index contributed by atoms with van der Waals surface area (Å²) in [5.74, 6) is 1.80. The number of methoxy groups -OCH3 is 1. The Morgan fingerprint density at radius 2 is 1.84 bits per heavy atom. The second-order valence-corrected chi connectivity index (χ2v) is 7.81. The quantitative estimate of drug-likeness (QED) is 0.367. The Labute approximate surface area is 155 Å². The van der Waals surface area contributed by atoms with E-state index in [1.807, 2.05) is 0 Å². The van der Waals surface area contributed by atoms with Crippen LogP contribution in [0, 0.1) is 5.92 Å². The molecule has 0 spiro atoms. The summed E-state index contributed by atoms with van der Waals surface area (Å²) in [5.41, 5.74) is 0.290. The molecule has 1 aliphatic rings. The van der Waals surface area contributed by atoms with Crippen LogP contribution < -0.4 is 10.6 Å². The summed E-state index contributed by atoms with van der Waals surface area (Å²) < 4.78 is 18.1. The van der Waals surface area contributed by atoms with Crippen molar-refractivity contribution in [2.75, 3.05) is 20.3 Å². The van der Waals surface area contributed by atoms with Gasteiger partial charge in [-0.1, -0.05) is 52.5 Å². The molecular formula is C21H41FN2O. The lowest BCUT2D eigenvalue weighted by atomic mass is 9.70. The van der Waals surface area contributed by atoms with Gasteiger partial charge in [0, 0.05) is 19.2 Å². The number of rotatable bonds is 16. The average molecular weight is 357 g/mol. The Hall–Kier alpha value is -0.770. The minimum absolute atomic E-state index is 0.228. The van der Waals surface area contributed by atoms with E-state index in [1.54, 1.807) is 7.11 Å². The van der Waals surface area contributed by atoms with E-state index >= 15 is 0 Å². The summed E-state index contributed by atoms with van der Waals surface area (Å²) in [6.45, 7) is 9.95. The summed E-state index contributed by atoms with van der Waals surface area (Å²) in [6.07, 6.45) is 11.8. The maximum Gasteiger partial charge on any atom is 0.123 e. The van der Waals surface area contributed by atoms with E-state index in [4.69, 9.17) is 4.74 Å². The van der Waals surface area contributed by atoms with Gasteiger partial charge in [-0.3, -0.25) is 0 Å². The lowest BCUT2D eigenvalue weighted by molar-refractivity contribution is 0.117. The average Bonchev–Trinajstić information content (AvgIpc) is 2.56. The molecule has 0 amide bonds. The van der Waals surface area contributed by atoms with Crippen LogP contribution in [0.5, 0.6) is 0 Å². The smallest absolute Gasteiger partial charge is 0.123 e. The third-order valence-electron chi connectivity index (χ3n) is 5.69. The fourth-order valence-corrected chi connectivity index (χ4v) is 3.83. The zero-order chi connectivity index (χ0) is 18.5. The predicted octanol–water partition coefficient (Wildman–Crippen LogP) is 5.32. The molecule has 25 heavy (non-hydrogen) atoms. The number of unbranched alkanes of at least 4 members (excludes halogenated alkanes) is 3. The van der Waals surface area contributed by atoms with Crippen LogP contribution >= 0.6 is 0 Å². The maximum atomic E-state index is 13.3. The fourth-order valence-electron chi connectivity index (χ4n) is 3.83. The number of halogens is 1. The Morgan fingerprint density at radius 1 is 1.16 bits per heavy atom. The topological polar surface area (TPSA) is 33.3 Å². The Kier molecular flexibility index (Phi) is 11.2. The highest BCUT2D eigenvalue weighted by Gasteiger charge is 2.38. The van der Waals surface area contributed by atoms with Gasteiger partial charge in [0.2, 0.25) is 0 Å². The molecule has 1 atom stereocenters. The van der Waals surface area contributed by atoms with E-state index in [2.05, 4.69) is 31.1 Å². The molecule has 3 nitrogen and oxygen atoms in total. The number of hydrogen-bond donors (Lipinski definition) is 2. The lowest BCUT2D eigenvalue weighted by Gasteiger charge is -2.46. The van der Waals surface area contributed by atoms with Crippen LogP contribution in [-0.4, -0.2) is 32.0 Å². The van der Waals surface area contributed by atoms with Crippen LogP contribution in [0.1, 0.15) is 84.5 Å². The van der Waals surface area contributed by atoms with Crippen LogP contribution in [0.15, 0.2) is 12.4 Å². The van der Waals surface area contributed by atoms with Gasteiger partial charge in [-0.15, -0.1) is 0 Å². The molecule has 1 saturated carbocycles. The molecule has 0 aliphatic heterocycles. The first kappa shape index (κ1) is 22.3. The maximum absolute atomic E-state index is 13.3. The number of alkyl halides is 1. The summed E-state index contributed by atoms with van der Waals surface area (Å²) >= 11 is 0. The van der Waals surface area contributed by atoms with Gasteiger partial charge in [-0.05, 0) is 44.4 Å². The molecule has 1 unspecified atom stereocenters. The summed E-state index contributed by atoms with van der Waals surface area (Å²) in [6, 6.07) is 0. The minimum Gasteiger partial charge on any atom is -0.382 e. The zero-order valence-corrected chi connectivity index (χ0v) is 16.8. The molecule has 0 aromatic heterocycles. The normalized spacial score (nSPS) is 17.2. The van der Waals surface area contributed by atoms with Gasteiger partial charge in [-0.25, -0.2) is 4.39 Å². The molecule has 0 radical (unpaired) electrons. The largest absolute Gasteiger partial charge is 0.382 e. The zero-order valence-electron chi connectivity index (χ0n) is 16.8. The molecule has 1 rings (SSSR count). The fraction of sp³-hybridized carbons (Fsp3) is 0.905. The van der Waals surface area contributed by atoms with Gasteiger partial charge in [0.1, 0.15) is 6.17 Å². The molecule has 0 aromatic carbocycles. The van der Waals surface area contributed by atoms with Crippen molar-refractivity contribution in [2.45, 2.75) is 96.2 Å². The molecule has 2 N–H and O–H groups in total. The number of nitrogens with one attached hydrogen (secondary N) is 2. The van der Waals surface area contributed by atoms with Crippen LogP contribution in [0.3, 0.4) is 0 Å². The number of hydrogen-bond acceptors (Lipinski definition) is 3. The van der Waals surface area contributed by atoms with Crippen molar-refractivity contribution in [3.05, 3.63) is 12.4 Å². The van der Waals surface area contributed by atoms with E-state index < -0.39 is 6.17 Å². The molecule has 4 heteroatoms. The molecule has 0 aromatic rings. The van der Waals surface area contributed by atoms with Crippen molar-refractivity contribution >= 4 is 0 Å². The van der Waals surface area contributed by atoms with Gasteiger partial charge in [0.15, 0.2) is 0 Å². The SMILES string of the molecule is C=C(NCCCCCCC(F)COC)NC1(CC(CC)CC)CCC1. The third-order valence-corrected chi connectivity index (χ3v) is 5.69. The lowest BCUT2D eigenvalue weighted by Crippen LogP contribution is -2.53. The monoisotopic (exact) mass is 356 g/mol. The van der Waals surface area contributed by atoms with Crippen molar-refractivity contribution < 1.29 is 9.13 Å². The van der Waals surface area contributed by atoms with E-state index in [0.29, 0.717) is 6.42 Å². The molecule has 0 heterocycles. The predicted molar refractivity (Wildman–Crippen MR) is 105 cm³/mol. The van der Waals surface area contributed by atoms with Crippen LogP contribution in [0.4, 0.5) is 4.39 Å². The second-order valence-electron chi connectivity index (χ2n) is 7.81. The molecule has 0 saturated heterocycles. The highest BCUT2D eigenvalue weighted by molar-refractivity contribution is 5.05. The van der Waals surface area contributed by atoms with Crippen LogP contribution in [0.2, 0.25) is 0 Å². The molecule has 0 bridgehead atoms. The summed E-state index contributed by atoms with van der Waals surface area (Å²) in [5, 5.41) is 7.13. The van der Waals surface area contributed by atoms with E-state index in [1.165, 1.54) is 38.5 Å². The first-order valence-corrected chi connectivity index (χ1v) is 10.4. The first-order valence-electron chi connectivity index (χ1n) is 10.4. The first-order chi connectivity index (χ1) is 12.0. The number of ether oxygens (including phenoxy) is 1. The van der Waals surface area contributed by atoms with Gasteiger partial charge in [0.05, 0.1) is 12.4 Å². The molecule has 1 fully saturated rings. The van der Waals surface area contributed by atoms with Crippen LogP contribution in [0.25, 0.3) is 0 Å². The van der Waals surface area contributed by atoms with E-state index in [-0.39, 0.29) is 12.1 Å². The van der Waals surface area contributed by atoms with Crippen molar-refractivity contribution in [1.82, 2.24) is 10.6 Å². The minimum atomic E-state index is -0.805. The highest BCUT2D eigenvalue weighted by atomic mass is 19.1. The van der Waals surface area contributed by atoms with Crippen molar-refractivity contribution in [2.24, 2.45) is 5.92 Å². The van der Waals surface area contributed by atoms with Gasteiger partial charge < -0.3 is 15.4 Å². The van der Waals surface area contributed by atoms with Gasteiger partial charge in [-0.2, -0.15) is 0 Å². The van der Waals surface area contributed by atoms with Crippen LogP contribution in [-0.2, 0) is 4.74 Å². The second kappa shape index (κ2) is 12.6. The van der Waals surface area contributed by atoms with Crippen molar-refractivity contribution in [3.8, 4) is 0 Å². The Balaban J connectivity index is 2.10. The third kappa shape index (κ3) is 8.94. The summed E-state index contributed by atoms with van der Waals surface area (Å²) in [7, 11) is 1.55. The highest BCUT2D eigenvalue weighted by Crippen LogP contribution is 2.39.